The third kappa shape index (κ3) is 6.58. The largest absolute Gasteiger partial charge is 0.456 e. The molecule has 8 nitrogen and oxygen atoms in total. The Morgan fingerprint density at radius 2 is 1.94 bits per heavy atom. The number of nitrogens with one attached hydrogen (secondary N) is 1. The molecule has 3 rings (SSSR count). The SMILES string of the molecule is Cc1ccccc1NC(=O)Cc1nc(COC(=O)/C=C/c2ccc([N+](=O)[O-])cc2)cs1. The van der Waals surface area contributed by atoms with Crippen LogP contribution in [-0.2, 0) is 27.4 Å². The summed E-state index contributed by atoms with van der Waals surface area (Å²) in [4.78, 5) is 38.6. The van der Waals surface area contributed by atoms with Crippen molar-refractivity contribution in [2.75, 3.05) is 5.32 Å². The van der Waals surface area contributed by atoms with E-state index in [2.05, 4.69) is 10.3 Å². The lowest BCUT2D eigenvalue weighted by Crippen LogP contribution is -2.15. The van der Waals surface area contributed by atoms with Crippen molar-refractivity contribution in [1.29, 1.82) is 0 Å². The van der Waals surface area contributed by atoms with E-state index in [0.717, 1.165) is 11.3 Å². The predicted octanol–water partition coefficient (Wildman–Crippen LogP) is 4.30. The van der Waals surface area contributed by atoms with E-state index in [0.29, 0.717) is 16.3 Å². The average Bonchev–Trinajstić information content (AvgIpc) is 3.20. The number of para-hydroxylation sites is 1. The molecule has 0 radical (unpaired) electrons. The number of amides is 1. The van der Waals surface area contributed by atoms with Crippen LogP contribution in [0.3, 0.4) is 0 Å². The van der Waals surface area contributed by atoms with Gasteiger partial charge in [-0.05, 0) is 42.3 Å². The number of ether oxygens (including phenoxy) is 1. The molecule has 31 heavy (non-hydrogen) atoms. The van der Waals surface area contributed by atoms with Crippen LogP contribution in [0, 0.1) is 17.0 Å². The molecule has 2 aromatic carbocycles. The number of non-ortho nitro benzene ring substituents is 1. The van der Waals surface area contributed by atoms with Gasteiger partial charge in [-0.3, -0.25) is 14.9 Å². The fraction of sp³-hybridized carbons (Fsp3) is 0.136. The summed E-state index contributed by atoms with van der Waals surface area (Å²) in [7, 11) is 0. The standard InChI is InChI=1S/C22H19N3O5S/c1-15-4-2-3-5-19(15)24-20(26)12-21-23-17(14-31-21)13-30-22(27)11-8-16-6-9-18(10-7-16)25(28)29/h2-11,14H,12-13H2,1H3,(H,24,26)/b11-8+. The molecule has 0 aliphatic carbocycles. The minimum Gasteiger partial charge on any atom is -0.456 e. The van der Waals surface area contributed by atoms with E-state index in [1.807, 2.05) is 31.2 Å². The molecule has 1 aromatic heterocycles. The summed E-state index contributed by atoms with van der Waals surface area (Å²) >= 11 is 1.32. The maximum atomic E-state index is 12.2. The third-order valence-electron chi connectivity index (χ3n) is 4.21. The van der Waals surface area contributed by atoms with Crippen molar-refractivity contribution >= 4 is 40.7 Å². The van der Waals surface area contributed by atoms with Gasteiger partial charge in [-0.1, -0.05) is 18.2 Å². The van der Waals surface area contributed by atoms with Crippen LogP contribution in [0.4, 0.5) is 11.4 Å². The van der Waals surface area contributed by atoms with Gasteiger partial charge in [0.15, 0.2) is 0 Å². The Balaban J connectivity index is 1.47. The van der Waals surface area contributed by atoms with Gasteiger partial charge in [0.2, 0.25) is 5.91 Å². The van der Waals surface area contributed by atoms with Crippen LogP contribution in [0.2, 0.25) is 0 Å². The lowest BCUT2D eigenvalue weighted by molar-refractivity contribution is -0.384. The molecule has 0 saturated carbocycles. The second-order valence-corrected chi connectivity index (χ2v) is 7.50. The summed E-state index contributed by atoms with van der Waals surface area (Å²) in [6.07, 6.45) is 2.88. The Morgan fingerprint density at radius 1 is 1.19 bits per heavy atom. The van der Waals surface area contributed by atoms with E-state index in [1.165, 1.54) is 47.8 Å². The number of rotatable bonds is 8. The van der Waals surface area contributed by atoms with Crippen LogP contribution in [-0.4, -0.2) is 21.8 Å². The number of nitro benzene ring substituents is 1. The first kappa shape index (κ1) is 21.8. The fourth-order valence-electron chi connectivity index (χ4n) is 2.61. The zero-order chi connectivity index (χ0) is 22.2. The van der Waals surface area contributed by atoms with Gasteiger partial charge in [-0.2, -0.15) is 0 Å². The lowest BCUT2D eigenvalue weighted by atomic mass is 10.2. The molecule has 1 heterocycles. The molecule has 0 aliphatic rings. The van der Waals surface area contributed by atoms with Crippen LogP contribution in [0.15, 0.2) is 60.0 Å². The van der Waals surface area contributed by atoms with Crippen LogP contribution < -0.4 is 5.32 Å². The summed E-state index contributed by atoms with van der Waals surface area (Å²) < 4.78 is 5.15. The van der Waals surface area contributed by atoms with Gasteiger partial charge in [0.05, 0.1) is 17.0 Å². The number of aryl methyl sites for hydroxylation is 1. The van der Waals surface area contributed by atoms with E-state index in [1.54, 1.807) is 5.38 Å². The van der Waals surface area contributed by atoms with Gasteiger partial charge in [0.1, 0.15) is 11.6 Å². The molecule has 0 aliphatic heterocycles. The summed E-state index contributed by atoms with van der Waals surface area (Å²) in [6, 6.07) is 13.3. The van der Waals surface area contributed by atoms with Crippen molar-refractivity contribution in [2.24, 2.45) is 0 Å². The zero-order valence-corrected chi connectivity index (χ0v) is 17.4. The number of anilines is 1. The molecule has 0 spiro atoms. The van der Waals surface area contributed by atoms with Crippen molar-refractivity contribution in [3.05, 3.63) is 91.9 Å². The van der Waals surface area contributed by atoms with Crippen molar-refractivity contribution in [2.45, 2.75) is 20.0 Å². The molecule has 158 valence electrons. The second-order valence-electron chi connectivity index (χ2n) is 6.56. The first-order valence-corrected chi connectivity index (χ1v) is 10.2. The van der Waals surface area contributed by atoms with E-state index >= 15 is 0 Å². The number of carbonyl (C=O) groups is 2. The van der Waals surface area contributed by atoms with E-state index < -0.39 is 10.9 Å². The molecule has 0 unspecified atom stereocenters. The number of thiazole rings is 1. The van der Waals surface area contributed by atoms with Gasteiger partial charge >= 0.3 is 5.97 Å². The molecule has 0 bridgehead atoms. The van der Waals surface area contributed by atoms with E-state index in [9.17, 15) is 19.7 Å². The van der Waals surface area contributed by atoms with Crippen molar-refractivity contribution in [3.63, 3.8) is 0 Å². The van der Waals surface area contributed by atoms with E-state index in [-0.39, 0.29) is 24.6 Å². The number of nitro groups is 1. The normalized spacial score (nSPS) is 10.7. The quantitative estimate of drug-likeness (QED) is 0.243. The Morgan fingerprint density at radius 3 is 2.65 bits per heavy atom. The molecule has 1 N–H and O–H groups in total. The van der Waals surface area contributed by atoms with Gasteiger partial charge in [0.25, 0.3) is 5.69 Å². The van der Waals surface area contributed by atoms with Crippen LogP contribution in [0.25, 0.3) is 6.08 Å². The highest BCUT2D eigenvalue weighted by Crippen LogP contribution is 2.16. The maximum absolute atomic E-state index is 12.2. The average molecular weight is 437 g/mol. The maximum Gasteiger partial charge on any atom is 0.331 e. The third-order valence-corrected chi connectivity index (χ3v) is 5.11. The second kappa shape index (κ2) is 10.3. The van der Waals surface area contributed by atoms with Gasteiger partial charge in [-0.15, -0.1) is 11.3 Å². The van der Waals surface area contributed by atoms with E-state index in [4.69, 9.17) is 4.74 Å². The molecule has 3 aromatic rings. The van der Waals surface area contributed by atoms with Crippen LogP contribution >= 0.6 is 11.3 Å². The van der Waals surface area contributed by atoms with Crippen molar-refractivity contribution in [1.82, 2.24) is 4.98 Å². The Kier molecular flexibility index (Phi) is 7.23. The number of aromatic nitrogens is 1. The number of hydrogen-bond acceptors (Lipinski definition) is 7. The minimum absolute atomic E-state index is 0.0145. The van der Waals surface area contributed by atoms with Crippen LogP contribution in [0.1, 0.15) is 21.8 Å². The highest BCUT2D eigenvalue weighted by molar-refractivity contribution is 7.09. The molecule has 1 amide bonds. The summed E-state index contributed by atoms with van der Waals surface area (Å²) in [5.41, 5.74) is 2.91. The molecular formula is C22H19N3O5S. The molecule has 0 fully saturated rings. The Hall–Kier alpha value is -3.85. The monoisotopic (exact) mass is 437 g/mol. The molecule has 0 atom stereocenters. The van der Waals surface area contributed by atoms with Crippen LogP contribution in [0.5, 0.6) is 0 Å². The van der Waals surface area contributed by atoms with Crippen molar-refractivity contribution < 1.29 is 19.2 Å². The Labute approximate surface area is 182 Å². The topological polar surface area (TPSA) is 111 Å². The minimum atomic E-state index is -0.565. The molecule has 0 saturated heterocycles. The summed E-state index contributed by atoms with van der Waals surface area (Å²) in [5.74, 6) is -0.733. The number of hydrogen-bond donors (Lipinski definition) is 1. The van der Waals surface area contributed by atoms with Crippen molar-refractivity contribution in [3.8, 4) is 0 Å². The Bertz CT molecular complexity index is 1120. The number of esters is 1. The highest BCUT2D eigenvalue weighted by Gasteiger charge is 2.10. The summed E-state index contributed by atoms with van der Waals surface area (Å²) in [6.45, 7) is 1.90. The van der Waals surface area contributed by atoms with Gasteiger partial charge < -0.3 is 10.1 Å². The number of carbonyl (C=O) groups excluding carboxylic acids is 2. The number of benzene rings is 2. The first-order valence-electron chi connectivity index (χ1n) is 9.29. The predicted molar refractivity (Wildman–Crippen MR) is 118 cm³/mol. The summed E-state index contributed by atoms with van der Waals surface area (Å²) in [5, 5.41) is 15.9. The highest BCUT2D eigenvalue weighted by atomic mass is 32.1. The number of nitrogens with zero attached hydrogens (tertiary/aromatic N) is 2. The van der Waals surface area contributed by atoms with Gasteiger partial charge in [-0.25, -0.2) is 9.78 Å². The molecular weight excluding hydrogens is 418 g/mol. The lowest BCUT2D eigenvalue weighted by Gasteiger charge is -2.06. The van der Waals surface area contributed by atoms with Gasteiger partial charge in [0, 0.05) is 29.3 Å². The first-order chi connectivity index (χ1) is 14.9. The fourth-order valence-corrected chi connectivity index (χ4v) is 3.38. The zero-order valence-electron chi connectivity index (χ0n) is 16.6. The smallest absolute Gasteiger partial charge is 0.331 e. The molecule has 9 heteroatoms.